The molecular formula is C16H26N2. The van der Waals surface area contributed by atoms with Gasteiger partial charge in [-0.15, -0.1) is 0 Å². The molecule has 0 amide bonds. The van der Waals surface area contributed by atoms with Gasteiger partial charge in [0.05, 0.1) is 0 Å². The lowest BCUT2D eigenvalue weighted by Gasteiger charge is -2.24. The second kappa shape index (κ2) is 5.85. The maximum atomic E-state index is 3.60. The Morgan fingerprint density at radius 2 is 2.06 bits per heavy atom. The number of aryl methyl sites for hydroxylation is 1. The topological polar surface area (TPSA) is 24.1 Å². The van der Waals surface area contributed by atoms with Crippen molar-refractivity contribution in [2.45, 2.75) is 52.1 Å². The molecule has 0 saturated carbocycles. The smallest absolute Gasteiger partial charge is 0.0335 e. The van der Waals surface area contributed by atoms with Crippen molar-refractivity contribution in [1.82, 2.24) is 10.6 Å². The van der Waals surface area contributed by atoms with Crippen LogP contribution in [0.1, 0.15) is 47.6 Å². The minimum Gasteiger partial charge on any atom is -0.314 e. The van der Waals surface area contributed by atoms with Gasteiger partial charge in [0.2, 0.25) is 0 Å². The van der Waals surface area contributed by atoms with E-state index in [-0.39, 0.29) is 0 Å². The molecule has 1 aliphatic rings. The molecule has 2 nitrogen and oxygen atoms in total. The highest BCUT2D eigenvalue weighted by atomic mass is 15.0. The van der Waals surface area contributed by atoms with E-state index in [0.29, 0.717) is 12.1 Å². The van der Waals surface area contributed by atoms with Crippen LogP contribution in [0.2, 0.25) is 0 Å². The highest BCUT2D eigenvalue weighted by Crippen LogP contribution is 2.27. The van der Waals surface area contributed by atoms with Gasteiger partial charge in [0.25, 0.3) is 0 Å². The second-order valence-electron chi connectivity index (χ2n) is 5.59. The molecule has 0 aromatic heterocycles. The lowest BCUT2D eigenvalue weighted by molar-refractivity contribution is 0.452. The summed E-state index contributed by atoms with van der Waals surface area (Å²) in [5.74, 6) is 0. The molecule has 0 spiro atoms. The maximum absolute atomic E-state index is 3.60. The maximum Gasteiger partial charge on any atom is 0.0335 e. The molecule has 2 atom stereocenters. The Balaban J connectivity index is 2.18. The van der Waals surface area contributed by atoms with E-state index in [2.05, 4.69) is 50.6 Å². The quantitative estimate of drug-likeness (QED) is 0.853. The fraction of sp³-hybridized carbons (Fsp3) is 0.625. The molecule has 2 unspecified atom stereocenters. The molecule has 1 aliphatic heterocycles. The van der Waals surface area contributed by atoms with Crippen LogP contribution in [0.25, 0.3) is 0 Å². The fourth-order valence-corrected chi connectivity index (χ4v) is 3.00. The molecule has 0 radical (unpaired) electrons. The van der Waals surface area contributed by atoms with Crippen molar-refractivity contribution in [1.29, 1.82) is 0 Å². The van der Waals surface area contributed by atoms with Crippen molar-refractivity contribution < 1.29 is 0 Å². The van der Waals surface area contributed by atoms with Crippen LogP contribution in [0.15, 0.2) is 12.1 Å². The molecular weight excluding hydrogens is 220 g/mol. The summed E-state index contributed by atoms with van der Waals surface area (Å²) in [6.07, 6.45) is 3.84. The number of hydrogen-bond acceptors (Lipinski definition) is 2. The van der Waals surface area contributed by atoms with Gasteiger partial charge in [-0.2, -0.15) is 0 Å². The third-order valence-electron chi connectivity index (χ3n) is 4.51. The van der Waals surface area contributed by atoms with E-state index in [1.165, 1.54) is 48.1 Å². The Kier molecular flexibility index (Phi) is 4.41. The third-order valence-corrected chi connectivity index (χ3v) is 4.51. The Labute approximate surface area is 111 Å². The average Bonchev–Trinajstić information content (AvgIpc) is 2.87. The zero-order valence-electron chi connectivity index (χ0n) is 12.1. The summed E-state index contributed by atoms with van der Waals surface area (Å²) < 4.78 is 0. The van der Waals surface area contributed by atoms with Crippen LogP contribution < -0.4 is 10.6 Å². The fourth-order valence-electron chi connectivity index (χ4n) is 3.00. The van der Waals surface area contributed by atoms with E-state index in [9.17, 15) is 0 Å². The molecule has 1 fully saturated rings. The molecule has 1 aromatic rings. The van der Waals surface area contributed by atoms with Crippen molar-refractivity contribution in [2.24, 2.45) is 0 Å². The Hall–Kier alpha value is -0.860. The molecule has 2 N–H and O–H groups in total. The van der Waals surface area contributed by atoms with E-state index in [4.69, 9.17) is 0 Å². The van der Waals surface area contributed by atoms with Crippen molar-refractivity contribution in [3.63, 3.8) is 0 Å². The molecule has 1 aromatic carbocycles. The van der Waals surface area contributed by atoms with Crippen molar-refractivity contribution >= 4 is 0 Å². The first-order chi connectivity index (χ1) is 8.63. The summed E-state index contributed by atoms with van der Waals surface area (Å²) in [7, 11) is 2.08. The molecule has 18 heavy (non-hydrogen) atoms. The summed E-state index contributed by atoms with van der Waals surface area (Å²) in [6.45, 7) is 7.87. The van der Waals surface area contributed by atoms with Crippen LogP contribution in [-0.2, 0) is 0 Å². The summed E-state index contributed by atoms with van der Waals surface area (Å²) in [5.41, 5.74) is 5.75. The zero-order valence-corrected chi connectivity index (χ0v) is 12.1. The monoisotopic (exact) mass is 246 g/mol. The first kappa shape index (κ1) is 13.6. The van der Waals surface area contributed by atoms with Gasteiger partial charge in [0.15, 0.2) is 0 Å². The predicted molar refractivity (Wildman–Crippen MR) is 78.1 cm³/mol. The van der Waals surface area contributed by atoms with E-state index < -0.39 is 0 Å². The molecule has 0 aliphatic carbocycles. The van der Waals surface area contributed by atoms with E-state index in [1.807, 2.05) is 0 Å². The molecule has 1 heterocycles. The molecule has 2 rings (SSSR count). The Bertz CT molecular complexity index is 406. The van der Waals surface area contributed by atoms with Gasteiger partial charge < -0.3 is 10.6 Å². The standard InChI is InChI=1S/C16H26N2/c1-11-7-8-15(13(3)12(11)2)16(17-4)10-14-6-5-9-18-14/h7-8,14,16-18H,5-6,9-10H2,1-4H3. The van der Waals surface area contributed by atoms with Gasteiger partial charge in [-0.05, 0) is 75.9 Å². The van der Waals surface area contributed by atoms with Gasteiger partial charge in [0.1, 0.15) is 0 Å². The van der Waals surface area contributed by atoms with Crippen LogP contribution >= 0.6 is 0 Å². The zero-order chi connectivity index (χ0) is 13.1. The van der Waals surface area contributed by atoms with Crippen molar-refractivity contribution in [2.75, 3.05) is 13.6 Å². The Morgan fingerprint density at radius 3 is 2.67 bits per heavy atom. The van der Waals surface area contributed by atoms with Crippen LogP contribution in [0.3, 0.4) is 0 Å². The van der Waals surface area contributed by atoms with Crippen LogP contribution in [0, 0.1) is 20.8 Å². The summed E-state index contributed by atoms with van der Waals surface area (Å²) in [5, 5.41) is 7.09. The van der Waals surface area contributed by atoms with Crippen LogP contribution in [0.4, 0.5) is 0 Å². The molecule has 0 bridgehead atoms. The lowest BCUT2D eigenvalue weighted by atomic mass is 9.91. The second-order valence-corrected chi connectivity index (χ2v) is 5.59. The SMILES string of the molecule is CNC(CC1CCCN1)c1ccc(C)c(C)c1C. The van der Waals surface area contributed by atoms with Crippen LogP contribution in [0.5, 0.6) is 0 Å². The third kappa shape index (κ3) is 2.76. The van der Waals surface area contributed by atoms with E-state index >= 15 is 0 Å². The summed E-state index contributed by atoms with van der Waals surface area (Å²) in [4.78, 5) is 0. The molecule has 100 valence electrons. The molecule has 2 heteroatoms. The number of benzene rings is 1. The van der Waals surface area contributed by atoms with Gasteiger partial charge in [0, 0.05) is 12.1 Å². The average molecular weight is 246 g/mol. The normalized spacial score (nSPS) is 21.2. The molecule has 1 saturated heterocycles. The first-order valence-electron chi connectivity index (χ1n) is 7.11. The number of hydrogen-bond donors (Lipinski definition) is 2. The van der Waals surface area contributed by atoms with Crippen molar-refractivity contribution in [3.05, 3.63) is 34.4 Å². The van der Waals surface area contributed by atoms with E-state index in [1.54, 1.807) is 0 Å². The van der Waals surface area contributed by atoms with Gasteiger partial charge >= 0.3 is 0 Å². The van der Waals surface area contributed by atoms with Gasteiger partial charge in [-0.25, -0.2) is 0 Å². The van der Waals surface area contributed by atoms with E-state index in [0.717, 1.165) is 0 Å². The highest BCUT2D eigenvalue weighted by molar-refractivity contribution is 5.40. The largest absolute Gasteiger partial charge is 0.314 e. The lowest BCUT2D eigenvalue weighted by Crippen LogP contribution is -2.29. The van der Waals surface area contributed by atoms with Crippen LogP contribution in [-0.4, -0.2) is 19.6 Å². The number of nitrogens with one attached hydrogen (secondary N) is 2. The predicted octanol–water partition coefficient (Wildman–Crippen LogP) is 3.01. The van der Waals surface area contributed by atoms with Gasteiger partial charge in [-0.1, -0.05) is 12.1 Å². The minimum absolute atomic E-state index is 0.472. The van der Waals surface area contributed by atoms with Crippen molar-refractivity contribution in [3.8, 4) is 0 Å². The summed E-state index contributed by atoms with van der Waals surface area (Å²) >= 11 is 0. The van der Waals surface area contributed by atoms with Gasteiger partial charge in [-0.3, -0.25) is 0 Å². The number of rotatable bonds is 4. The first-order valence-corrected chi connectivity index (χ1v) is 7.11. The summed E-state index contributed by atoms with van der Waals surface area (Å²) in [6, 6.07) is 5.71. The minimum atomic E-state index is 0.472. The highest BCUT2D eigenvalue weighted by Gasteiger charge is 2.21. The Morgan fingerprint density at radius 1 is 1.28 bits per heavy atom.